The van der Waals surface area contributed by atoms with Gasteiger partial charge in [0.15, 0.2) is 0 Å². The fourth-order valence-corrected chi connectivity index (χ4v) is 3.83. The molecule has 27 heavy (non-hydrogen) atoms. The maximum atomic E-state index is 10.7. The summed E-state index contributed by atoms with van der Waals surface area (Å²) in [6.45, 7) is 3.97. The maximum Gasteiger partial charge on any atom is 0.139 e. The number of aryl methyl sites for hydroxylation is 3. The van der Waals surface area contributed by atoms with Gasteiger partial charge in [-0.25, -0.2) is 0 Å². The fourth-order valence-electron chi connectivity index (χ4n) is 3.83. The molecular formula is C21H27N5O. The molecule has 0 fully saturated rings. The van der Waals surface area contributed by atoms with Crippen molar-refractivity contribution < 1.29 is 5.11 Å². The Bertz CT molecular complexity index is 870. The molecule has 1 atom stereocenters. The maximum absolute atomic E-state index is 10.7. The van der Waals surface area contributed by atoms with Gasteiger partial charge in [-0.2, -0.15) is 10.2 Å². The van der Waals surface area contributed by atoms with E-state index in [-0.39, 0.29) is 0 Å². The van der Waals surface area contributed by atoms with Crippen molar-refractivity contribution in [3.63, 3.8) is 0 Å². The zero-order valence-corrected chi connectivity index (χ0v) is 15.8. The van der Waals surface area contributed by atoms with Gasteiger partial charge in [-0.3, -0.25) is 14.3 Å². The number of hydrogen-bond acceptors (Lipinski definition) is 4. The van der Waals surface area contributed by atoms with Gasteiger partial charge in [0.1, 0.15) is 6.10 Å². The lowest BCUT2D eigenvalue weighted by Gasteiger charge is -2.19. The molecule has 0 bridgehead atoms. The Hall–Kier alpha value is -2.44. The standard InChI is InChI=1S/C21H27N5O/c1-24-20(10-11-22-24)21(27)19-15-18-16-25(13-6-14-26(18)23-19)12-5-9-17-7-3-2-4-8-17/h2-4,7-8,10-11,15,21,27H,5-6,9,12-14,16H2,1H3. The van der Waals surface area contributed by atoms with Crippen molar-refractivity contribution in [1.82, 2.24) is 24.5 Å². The summed E-state index contributed by atoms with van der Waals surface area (Å²) in [6.07, 6.45) is 4.32. The van der Waals surface area contributed by atoms with Crippen LogP contribution in [0.1, 0.15) is 41.6 Å². The van der Waals surface area contributed by atoms with Crippen molar-refractivity contribution in [3.05, 3.63) is 71.3 Å². The summed E-state index contributed by atoms with van der Waals surface area (Å²) in [6, 6.07) is 14.6. The van der Waals surface area contributed by atoms with Gasteiger partial charge in [-0.15, -0.1) is 0 Å². The topological polar surface area (TPSA) is 59.1 Å². The third kappa shape index (κ3) is 4.12. The smallest absolute Gasteiger partial charge is 0.139 e. The van der Waals surface area contributed by atoms with Crippen molar-refractivity contribution in [1.29, 1.82) is 0 Å². The van der Waals surface area contributed by atoms with Gasteiger partial charge in [0.25, 0.3) is 0 Å². The molecule has 1 N–H and O–H groups in total. The van der Waals surface area contributed by atoms with Gasteiger partial charge < -0.3 is 5.11 Å². The average molecular weight is 365 g/mol. The zero-order valence-electron chi connectivity index (χ0n) is 15.8. The SMILES string of the molecule is Cn1nccc1C(O)c1cc2n(n1)CCCN(CCCc1ccccc1)C2. The highest BCUT2D eigenvalue weighted by Gasteiger charge is 2.22. The Morgan fingerprint density at radius 1 is 1.15 bits per heavy atom. The highest BCUT2D eigenvalue weighted by molar-refractivity contribution is 5.21. The van der Waals surface area contributed by atoms with Gasteiger partial charge in [-0.1, -0.05) is 30.3 Å². The van der Waals surface area contributed by atoms with Crippen LogP contribution in [0.4, 0.5) is 0 Å². The van der Waals surface area contributed by atoms with Crippen LogP contribution < -0.4 is 0 Å². The van der Waals surface area contributed by atoms with E-state index in [9.17, 15) is 5.11 Å². The molecule has 0 saturated carbocycles. The summed E-state index contributed by atoms with van der Waals surface area (Å²) in [5.74, 6) is 0. The molecule has 0 radical (unpaired) electrons. The van der Waals surface area contributed by atoms with Gasteiger partial charge in [0.05, 0.1) is 17.1 Å². The molecular weight excluding hydrogens is 338 g/mol. The van der Waals surface area contributed by atoms with E-state index in [0.29, 0.717) is 5.69 Å². The van der Waals surface area contributed by atoms with E-state index < -0.39 is 6.10 Å². The van der Waals surface area contributed by atoms with Crippen LogP contribution in [-0.4, -0.2) is 42.7 Å². The minimum atomic E-state index is -0.733. The summed E-state index contributed by atoms with van der Waals surface area (Å²) < 4.78 is 3.76. The summed E-state index contributed by atoms with van der Waals surface area (Å²) >= 11 is 0. The normalized spacial score (nSPS) is 16.1. The number of rotatable bonds is 6. The molecule has 3 aromatic rings. The van der Waals surface area contributed by atoms with Crippen LogP contribution >= 0.6 is 0 Å². The molecule has 0 spiro atoms. The lowest BCUT2D eigenvalue weighted by Crippen LogP contribution is -2.24. The molecule has 142 valence electrons. The number of hydrogen-bond donors (Lipinski definition) is 1. The Kier molecular flexibility index (Phi) is 5.36. The first kappa shape index (κ1) is 17.9. The third-order valence-electron chi connectivity index (χ3n) is 5.31. The second-order valence-corrected chi connectivity index (χ2v) is 7.28. The van der Waals surface area contributed by atoms with Crippen LogP contribution in [0.3, 0.4) is 0 Å². The van der Waals surface area contributed by atoms with Crippen molar-refractivity contribution in [2.45, 2.75) is 38.5 Å². The molecule has 1 aliphatic rings. The van der Waals surface area contributed by atoms with E-state index in [1.54, 1.807) is 10.9 Å². The Balaban J connectivity index is 1.40. The van der Waals surface area contributed by atoms with Crippen LogP contribution in [0.15, 0.2) is 48.7 Å². The highest BCUT2D eigenvalue weighted by atomic mass is 16.3. The van der Waals surface area contributed by atoms with Crippen molar-refractivity contribution >= 4 is 0 Å². The predicted molar refractivity (Wildman–Crippen MR) is 104 cm³/mol. The molecule has 4 rings (SSSR count). The van der Waals surface area contributed by atoms with Crippen LogP contribution in [0, 0.1) is 0 Å². The molecule has 1 aliphatic heterocycles. The molecule has 0 aliphatic carbocycles. The number of nitrogens with zero attached hydrogens (tertiary/aromatic N) is 5. The van der Waals surface area contributed by atoms with Crippen LogP contribution in [-0.2, 0) is 26.6 Å². The van der Waals surface area contributed by atoms with E-state index in [0.717, 1.165) is 51.1 Å². The van der Waals surface area contributed by atoms with Gasteiger partial charge in [0, 0.05) is 32.9 Å². The van der Waals surface area contributed by atoms with E-state index in [2.05, 4.69) is 50.1 Å². The van der Waals surface area contributed by atoms with E-state index in [4.69, 9.17) is 0 Å². The second kappa shape index (κ2) is 8.06. The van der Waals surface area contributed by atoms with E-state index >= 15 is 0 Å². The molecule has 3 heterocycles. The highest BCUT2D eigenvalue weighted by Crippen LogP contribution is 2.23. The number of aliphatic hydroxyl groups is 1. The van der Waals surface area contributed by atoms with Crippen molar-refractivity contribution in [3.8, 4) is 0 Å². The summed E-state index contributed by atoms with van der Waals surface area (Å²) in [5.41, 5.74) is 4.06. The first-order chi connectivity index (χ1) is 13.2. The lowest BCUT2D eigenvalue weighted by atomic mass is 10.1. The number of fused-ring (bicyclic) bond motifs is 1. The average Bonchev–Trinajstić information content (AvgIpc) is 3.23. The Morgan fingerprint density at radius 2 is 2.00 bits per heavy atom. The molecule has 6 heteroatoms. The number of aromatic nitrogens is 4. The molecule has 0 amide bonds. The largest absolute Gasteiger partial charge is 0.380 e. The van der Waals surface area contributed by atoms with Crippen LogP contribution in [0.2, 0.25) is 0 Å². The van der Waals surface area contributed by atoms with Crippen LogP contribution in [0.5, 0.6) is 0 Å². The van der Waals surface area contributed by atoms with Gasteiger partial charge in [0.2, 0.25) is 0 Å². The fraction of sp³-hybridized carbons (Fsp3) is 0.429. The van der Waals surface area contributed by atoms with E-state index in [1.807, 2.05) is 19.2 Å². The zero-order chi connectivity index (χ0) is 18.6. The minimum absolute atomic E-state index is 0.708. The lowest BCUT2D eigenvalue weighted by molar-refractivity contribution is 0.203. The second-order valence-electron chi connectivity index (χ2n) is 7.28. The van der Waals surface area contributed by atoms with Crippen molar-refractivity contribution in [2.75, 3.05) is 13.1 Å². The molecule has 6 nitrogen and oxygen atoms in total. The number of benzene rings is 1. The molecule has 2 aromatic heterocycles. The minimum Gasteiger partial charge on any atom is -0.380 e. The Morgan fingerprint density at radius 3 is 2.78 bits per heavy atom. The molecule has 1 aromatic carbocycles. The van der Waals surface area contributed by atoms with Gasteiger partial charge in [-0.05, 0) is 43.5 Å². The third-order valence-corrected chi connectivity index (χ3v) is 5.31. The molecule has 0 saturated heterocycles. The van der Waals surface area contributed by atoms with Gasteiger partial charge >= 0.3 is 0 Å². The first-order valence-corrected chi connectivity index (χ1v) is 9.69. The quantitative estimate of drug-likeness (QED) is 0.729. The van der Waals surface area contributed by atoms with E-state index in [1.165, 1.54) is 11.3 Å². The number of aliphatic hydroxyl groups excluding tert-OH is 1. The summed E-state index contributed by atoms with van der Waals surface area (Å²) in [4.78, 5) is 2.50. The van der Waals surface area contributed by atoms with Crippen LogP contribution in [0.25, 0.3) is 0 Å². The Labute approximate surface area is 160 Å². The summed E-state index contributed by atoms with van der Waals surface area (Å²) in [5, 5.41) is 19.5. The van der Waals surface area contributed by atoms with Crippen molar-refractivity contribution in [2.24, 2.45) is 7.05 Å². The monoisotopic (exact) mass is 365 g/mol. The summed E-state index contributed by atoms with van der Waals surface area (Å²) in [7, 11) is 1.84. The first-order valence-electron chi connectivity index (χ1n) is 9.69. The molecule has 1 unspecified atom stereocenters. The predicted octanol–water partition coefficient (Wildman–Crippen LogP) is 2.54.